The Morgan fingerprint density at radius 2 is 2.35 bits per heavy atom. The van der Waals surface area contributed by atoms with Crippen LogP contribution in [-0.4, -0.2) is 23.5 Å². The third-order valence-electron chi connectivity index (χ3n) is 3.17. The normalized spacial score (nSPS) is 17.1. The summed E-state index contributed by atoms with van der Waals surface area (Å²) in [6, 6.07) is 7.85. The number of aromatic nitrogens is 1. The molecule has 5 nitrogen and oxygen atoms in total. The lowest BCUT2D eigenvalue weighted by atomic mass is 10.0. The molecule has 3 rings (SSSR count). The minimum absolute atomic E-state index is 0.0274. The summed E-state index contributed by atoms with van der Waals surface area (Å²) in [7, 11) is 0. The molecule has 0 bridgehead atoms. The number of nitrogens with zero attached hydrogens (tertiary/aromatic N) is 1. The van der Waals surface area contributed by atoms with Gasteiger partial charge in [-0.1, -0.05) is 18.2 Å². The van der Waals surface area contributed by atoms with Crippen molar-refractivity contribution in [2.75, 3.05) is 6.61 Å². The SMILES string of the molecule is NCc1nc(C(=O)NC2COc3ccccc3C2)cs1. The van der Waals surface area contributed by atoms with Gasteiger partial charge in [0.15, 0.2) is 0 Å². The summed E-state index contributed by atoms with van der Waals surface area (Å²) in [5, 5.41) is 5.45. The number of nitrogens with one attached hydrogen (secondary N) is 1. The Balaban J connectivity index is 1.66. The van der Waals surface area contributed by atoms with Gasteiger partial charge in [0.1, 0.15) is 23.1 Å². The van der Waals surface area contributed by atoms with Gasteiger partial charge in [-0.05, 0) is 18.1 Å². The van der Waals surface area contributed by atoms with Gasteiger partial charge in [0.2, 0.25) is 0 Å². The third-order valence-corrected chi connectivity index (χ3v) is 4.04. The molecule has 0 radical (unpaired) electrons. The van der Waals surface area contributed by atoms with Crippen molar-refractivity contribution in [3.63, 3.8) is 0 Å². The number of amides is 1. The zero-order valence-electron chi connectivity index (χ0n) is 10.8. The van der Waals surface area contributed by atoms with Crippen LogP contribution in [-0.2, 0) is 13.0 Å². The topological polar surface area (TPSA) is 77.2 Å². The average Bonchev–Trinajstić information content (AvgIpc) is 2.96. The number of ether oxygens (including phenoxy) is 1. The molecule has 20 heavy (non-hydrogen) atoms. The van der Waals surface area contributed by atoms with Crippen LogP contribution in [0.15, 0.2) is 29.6 Å². The quantitative estimate of drug-likeness (QED) is 0.894. The van der Waals surface area contributed by atoms with Crippen molar-refractivity contribution in [3.05, 3.63) is 45.9 Å². The summed E-state index contributed by atoms with van der Waals surface area (Å²) < 4.78 is 5.65. The molecule has 1 unspecified atom stereocenters. The van der Waals surface area contributed by atoms with Crippen molar-refractivity contribution in [1.82, 2.24) is 10.3 Å². The molecule has 1 aliphatic rings. The molecule has 0 spiro atoms. The van der Waals surface area contributed by atoms with E-state index in [0.717, 1.165) is 22.7 Å². The minimum Gasteiger partial charge on any atom is -0.491 e. The van der Waals surface area contributed by atoms with E-state index in [4.69, 9.17) is 10.5 Å². The molecule has 1 aliphatic heterocycles. The summed E-state index contributed by atoms with van der Waals surface area (Å²) in [5.41, 5.74) is 7.04. The van der Waals surface area contributed by atoms with Gasteiger partial charge in [-0.2, -0.15) is 0 Å². The van der Waals surface area contributed by atoms with Crippen LogP contribution in [0.2, 0.25) is 0 Å². The number of benzene rings is 1. The maximum atomic E-state index is 12.1. The van der Waals surface area contributed by atoms with E-state index < -0.39 is 0 Å². The molecule has 0 aliphatic carbocycles. The van der Waals surface area contributed by atoms with E-state index in [1.54, 1.807) is 5.38 Å². The lowest BCUT2D eigenvalue weighted by molar-refractivity contribution is 0.0911. The van der Waals surface area contributed by atoms with Crippen LogP contribution in [0.25, 0.3) is 0 Å². The van der Waals surface area contributed by atoms with Gasteiger partial charge in [0.05, 0.1) is 6.04 Å². The standard InChI is InChI=1S/C14H15N3O2S/c15-6-13-17-11(8-20-13)14(18)16-10-5-9-3-1-2-4-12(9)19-7-10/h1-4,8,10H,5-7,15H2,(H,16,18). The first-order valence-electron chi connectivity index (χ1n) is 6.42. The van der Waals surface area contributed by atoms with E-state index in [0.29, 0.717) is 18.8 Å². The predicted molar refractivity (Wildman–Crippen MR) is 76.9 cm³/mol. The van der Waals surface area contributed by atoms with Crippen LogP contribution in [0, 0.1) is 0 Å². The van der Waals surface area contributed by atoms with Gasteiger partial charge >= 0.3 is 0 Å². The Morgan fingerprint density at radius 3 is 3.15 bits per heavy atom. The molecule has 0 fully saturated rings. The third kappa shape index (κ3) is 2.66. The fraction of sp³-hybridized carbons (Fsp3) is 0.286. The van der Waals surface area contributed by atoms with Crippen molar-refractivity contribution in [2.24, 2.45) is 5.73 Å². The molecule has 1 aromatic heterocycles. The molecule has 2 heterocycles. The number of carbonyl (C=O) groups is 1. The molecular formula is C14H15N3O2S. The smallest absolute Gasteiger partial charge is 0.271 e. The van der Waals surface area contributed by atoms with Gasteiger partial charge in [-0.15, -0.1) is 11.3 Å². The maximum Gasteiger partial charge on any atom is 0.271 e. The highest BCUT2D eigenvalue weighted by Gasteiger charge is 2.22. The second kappa shape index (κ2) is 5.60. The summed E-state index contributed by atoms with van der Waals surface area (Å²) in [6.45, 7) is 0.842. The van der Waals surface area contributed by atoms with E-state index in [9.17, 15) is 4.79 Å². The molecule has 6 heteroatoms. The zero-order valence-corrected chi connectivity index (χ0v) is 11.7. The number of hydrogen-bond donors (Lipinski definition) is 2. The number of para-hydroxylation sites is 1. The van der Waals surface area contributed by atoms with Gasteiger partial charge < -0.3 is 15.8 Å². The van der Waals surface area contributed by atoms with Crippen molar-refractivity contribution in [1.29, 1.82) is 0 Å². The van der Waals surface area contributed by atoms with E-state index in [1.807, 2.05) is 24.3 Å². The number of hydrogen-bond acceptors (Lipinski definition) is 5. The highest BCUT2D eigenvalue weighted by atomic mass is 32.1. The van der Waals surface area contributed by atoms with Crippen LogP contribution in [0.5, 0.6) is 5.75 Å². The summed E-state index contributed by atoms with van der Waals surface area (Å²) >= 11 is 1.40. The maximum absolute atomic E-state index is 12.1. The van der Waals surface area contributed by atoms with E-state index in [1.165, 1.54) is 11.3 Å². The van der Waals surface area contributed by atoms with Crippen molar-refractivity contribution >= 4 is 17.2 Å². The second-order valence-corrected chi connectivity index (χ2v) is 5.57. The van der Waals surface area contributed by atoms with Gasteiger partial charge in [0.25, 0.3) is 5.91 Å². The molecule has 2 aromatic rings. The lowest BCUT2D eigenvalue weighted by Crippen LogP contribution is -2.42. The first-order valence-corrected chi connectivity index (χ1v) is 7.30. The van der Waals surface area contributed by atoms with Crippen LogP contribution in [0.1, 0.15) is 21.1 Å². The van der Waals surface area contributed by atoms with E-state index in [2.05, 4.69) is 10.3 Å². The first kappa shape index (κ1) is 13.1. The second-order valence-electron chi connectivity index (χ2n) is 4.62. The molecule has 1 amide bonds. The Morgan fingerprint density at radius 1 is 1.50 bits per heavy atom. The summed E-state index contributed by atoms with van der Waals surface area (Å²) in [6.07, 6.45) is 0.774. The number of carbonyl (C=O) groups excluding carboxylic acids is 1. The predicted octanol–water partition coefficient (Wildman–Crippen LogP) is 1.34. The number of nitrogens with two attached hydrogens (primary N) is 1. The van der Waals surface area contributed by atoms with Crippen LogP contribution >= 0.6 is 11.3 Å². The Bertz CT molecular complexity index is 626. The highest BCUT2D eigenvalue weighted by Crippen LogP contribution is 2.24. The molecule has 0 saturated carbocycles. The van der Waals surface area contributed by atoms with Crippen molar-refractivity contribution in [2.45, 2.75) is 19.0 Å². The van der Waals surface area contributed by atoms with Crippen LogP contribution in [0.4, 0.5) is 0 Å². The Kier molecular flexibility index (Phi) is 3.66. The molecule has 1 atom stereocenters. The molecular weight excluding hydrogens is 274 g/mol. The number of fused-ring (bicyclic) bond motifs is 1. The monoisotopic (exact) mass is 289 g/mol. The highest BCUT2D eigenvalue weighted by molar-refractivity contribution is 7.09. The van der Waals surface area contributed by atoms with Crippen molar-refractivity contribution < 1.29 is 9.53 Å². The van der Waals surface area contributed by atoms with Gasteiger partial charge in [0, 0.05) is 11.9 Å². The fourth-order valence-corrected chi connectivity index (χ4v) is 2.84. The Labute approximate surface area is 120 Å². The van der Waals surface area contributed by atoms with Crippen molar-refractivity contribution in [3.8, 4) is 5.75 Å². The number of thiazole rings is 1. The average molecular weight is 289 g/mol. The number of rotatable bonds is 3. The molecule has 104 valence electrons. The van der Waals surface area contributed by atoms with Crippen LogP contribution in [0.3, 0.4) is 0 Å². The first-order chi connectivity index (χ1) is 9.76. The summed E-state index contributed by atoms with van der Waals surface area (Å²) in [4.78, 5) is 16.3. The Hall–Kier alpha value is -1.92. The van der Waals surface area contributed by atoms with E-state index in [-0.39, 0.29) is 11.9 Å². The molecule has 0 saturated heterocycles. The van der Waals surface area contributed by atoms with Gasteiger partial charge in [-0.3, -0.25) is 4.79 Å². The summed E-state index contributed by atoms with van der Waals surface area (Å²) in [5.74, 6) is 0.728. The molecule has 3 N–H and O–H groups in total. The largest absolute Gasteiger partial charge is 0.491 e. The lowest BCUT2D eigenvalue weighted by Gasteiger charge is -2.25. The van der Waals surface area contributed by atoms with Gasteiger partial charge in [-0.25, -0.2) is 4.98 Å². The van der Waals surface area contributed by atoms with Crippen LogP contribution < -0.4 is 15.8 Å². The minimum atomic E-state index is -0.172. The molecule has 1 aromatic carbocycles. The van der Waals surface area contributed by atoms with E-state index >= 15 is 0 Å². The fourth-order valence-electron chi connectivity index (χ4n) is 2.19. The zero-order chi connectivity index (χ0) is 13.9.